The molecule has 2 N–H and O–H groups in total. The molecule has 1 aromatic rings. The summed E-state index contributed by atoms with van der Waals surface area (Å²) in [5.74, 6) is -2.10. The Morgan fingerprint density at radius 1 is 1.36 bits per heavy atom. The summed E-state index contributed by atoms with van der Waals surface area (Å²) in [6.07, 6.45) is -0.368. The minimum atomic E-state index is -1.09. The first-order valence-electron chi connectivity index (χ1n) is 7.12. The highest BCUT2D eigenvalue weighted by Crippen LogP contribution is 2.35. The lowest BCUT2D eigenvalue weighted by molar-refractivity contribution is -0.141. The third kappa shape index (κ3) is 2.16. The van der Waals surface area contributed by atoms with Crippen molar-refractivity contribution in [3.8, 4) is 0 Å². The summed E-state index contributed by atoms with van der Waals surface area (Å²) in [5.41, 5.74) is 1.58. The lowest BCUT2D eigenvalue weighted by Gasteiger charge is -2.12. The van der Waals surface area contributed by atoms with Gasteiger partial charge in [-0.25, -0.2) is 0 Å². The van der Waals surface area contributed by atoms with Crippen LogP contribution >= 0.6 is 0 Å². The summed E-state index contributed by atoms with van der Waals surface area (Å²) >= 11 is 0. The third-order valence-corrected chi connectivity index (χ3v) is 4.08. The summed E-state index contributed by atoms with van der Waals surface area (Å²) in [7, 11) is 0. The van der Waals surface area contributed by atoms with E-state index >= 15 is 0 Å². The van der Waals surface area contributed by atoms with Gasteiger partial charge >= 0.3 is 5.97 Å². The lowest BCUT2D eigenvalue weighted by Crippen LogP contribution is -2.29. The van der Waals surface area contributed by atoms with E-state index in [9.17, 15) is 14.4 Å². The molecule has 2 heterocycles. The number of aryl methyl sites for hydroxylation is 1. The van der Waals surface area contributed by atoms with Gasteiger partial charge in [-0.3, -0.25) is 19.3 Å². The fraction of sp³-hybridized carbons (Fsp3) is 0.312. The normalized spacial score (nSPS) is 20.1. The molecule has 1 fully saturated rings. The molecule has 1 amide bonds. The number of carboxylic acids is 1. The second-order valence-electron chi connectivity index (χ2n) is 5.47. The summed E-state index contributed by atoms with van der Waals surface area (Å²) in [4.78, 5) is 37.8. The van der Waals surface area contributed by atoms with Crippen LogP contribution in [0.4, 0.5) is 0 Å². The minimum Gasteiger partial charge on any atom is -0.481 e. The molecule has 1 aromatic carbocycles. The van der Waals surface area contributed by atoms with Crippen molar-refractivity contribution < 1.29 is 19.5 Å². The summed E-state index contributed by atoms with van der Waals surface area (Å²) in [6.45, 7) is 2.86. The van der Waals surface area contributed by atoms with Crippen LogP contribution in [0.2, 0.25) is 0 Å². The number of rotatable bonds is 4. The van der Waals surface area contributed by atoms with Crippen LogP contribution in [-0.2, 0) is 9.59 Å². The number of nitrogens with zero attached hydrogens (tertiary/aromatic N) is 1. The molecular formula is C16H16N2O4. The Labute approximate surface area is 127 Å². The predicted molar refractivity (Wildman–Crippen MR) is 78.0 cm³/mol. The molecule has 0 saturated carbocycles. The first kappa shape index (κ1) is 14.3. The SMILES string of the molecule is Cc1ccccc1C(=O)C1=C2NCCN2C(=O)C1CC(=O)O. The van der Waals surface area contributed by atoms with Gasteiger partial charge in [0.2, 0.25) is 5.91 Å². The van der Waals surface area contributed by atoms with Gasteiger partial charge in [-0.15, -0.1) is 0 Å². The maximum Gasteiger partial charge on any atom is 0.304 e. The quantitative estimate of drug-likeness (QED) is 0.808. The number of hydrogen-bond donors (Lipinski definition) is 2. The van der Waals surface area contributed by atoms with E-state index in [1.807, 2.05) is 19.1 Å². The first-order chi connectivity index (χ1) is 10.5. The van der Waals surface area contributed by atoms with Gasteiger partial charge in [0, 0.05) is 18.7 Å². The standard InChI is InChI=1S/C16H16N2O4/c1-9-4-2-3-5-10(9)14(21)13-11(8-12(19)20)16(22)18-7-6-17-15(13)18/h2-5,11,17H,6-8H2,1H3,(H,19,20). The molecule has 22 heavy (non-hydrogen) atoms. The van der Waals surface area contributed by atoms with Crippen LogP contribution < -0.4 is 5.32 Å². The molecule has 6 nitrogen and oxygen atoms in total. The monoisotopic (exact) mass is 300 g/mol. The fourth-order valence-corrected chi connectivity index (χ4v) is 3.03. The number of aliphatic carboxylic acids is 1. The fourth-order valence-electron chi connectivity index (χ4n) is 3.03. The van der Waals surface area contributed by atoms with E-state index in [1.165, 1.54) is 4.90 Å². The predicted octanol–water partition coefficient (Wildman–Crippen LogP) is 0.926. The highest BCUT2D eigenvalue weighted by atomic mass is 16.4. The van der Waals surface area contributed by atoms with E-state index in [2.05, 4.69) is 5.32 Å². The lowest BCUT2D eigenvalue weighted by atomic mass is 9.89. The van der Waals surface area contributed by atoms with Crippen molar-refractivity contribution in [1.82, 2.24) is 10.2 Å². The van der Waals surface area contributed by atoms with E-state index in [1.54, 1.807) is 12.1 Å². The van der Waals surface area contributed by atoms with E-state index in [4.69, 9.17) is 5.11 Å². The van der Waals surface area contributed by atoms with Crippen molar-refractivity contribution in [2.45, 2.75) is 13.3 Å². The van der Waals surface area contributed by atoms with Gasteiger partial charge in [-0.1, -0.05) is 24.3 Å². The number of hydrogen-bond acceptors (Lipinski definition) is 4. The largest absolute Gasteiger partial charge is 0.481 e. The third-order valence-electron chi connectivity index (χ3n) is 4.08. The van der Waals surface area contributed by atoms with Crippen LogP contribution in [-0.4, -0.2) is 40.8 Å². The molecule has 114 valence electrons. The first-order valence-corrected chi connectivity index (χ1v) is 7.12. The van der Waals surface area contributed by atoms with Gasteiger partial charge < -0.3 is 10.4 Å². The Morgan fingerprint density at radius 2 is 2.09 bits per heavy atom. The molecule has 0 aliphatic carbocycles. The van der Waals surface area contributed by atoms with Crippen LogP contribution in [0.5, 0.6) is 0 Å². The number of carbonyl (C=O) groups is 3. The number of carbonyl (C=O) groups excluding carboxylic acids is 2. The van der Waals surface area contributed by atoms with Crippen molar-refractivity contribution in [3.05, 3.63) is 46.8 Å². The Kier molecular flexibility index (Phi) is 3.44. The second kappa shape index (κ2) is 5.29. The highest BCUT2D eigenvalue weighted by molar-refractivity contribution is 6.15. The van der Waals surface area contributed by atoms with Crippen molar-refractivity contribution in [2.24, 2.45) is 5.92 Å². The maximum absolute atomic E-state index is 12.9. The molecule has 1 unspecified atom stereocenters. The highest BCUT2D eigenvalue weighted by Gasteiger charge is 2.45. The number of nitrogens with one attached hydrogen (secondary N) is 1. The molecule has 2 aliphatic heterocycles. The van der Waals surface area contributed by atoms with Crippen LogP contribution in [0.15, 0.2) is 35.7 Å². The van der Waals surface area contributed by atoms with Gasteiger partial charge in [0.25, 0.3) is 0 Å². The summed E-state index contributed by atoms with van der Waals surface area (Å²) in [6, 6.07) is 7.11. The Morgan fingerprint density at radius 3 is 2.77 bits per heavy atom. The van der Waals surface area contributed by atoms with E-state index in [0.717, 1.165) is 5.56 Å². The van der Waals surface area contributed by atoms with Gasteiger partial charge in [-0.2, -0.15) is 0 Å². The van der Waals surface area contributed by atoms with Crippen molar-refractivity contribution >= 4 is 17.7 Å². The van der Waals surface area contributed by atoms with Gasteiger partial charge in [0.15, 0.2) is 5.78 Å². The average molecular weight is 300 g/mol. The van der Waals surface area contributed by atoms with Crippen LogP contribution in [0.3, 0.4) is 0 Å². The van der Waals surface area contributed by atoms with Crippen molar-refractivity contribution in [1.29, 1.82) is 0 Å². The molecule has 3 rings (SSSR count). The zero-order valence-corrected chi connectivity index (χ0v) is 12.1. The molecule has 2 aliphatic rings. The van der Waals surface area contributed by atoms with Gasteiger partial charge in [0.1, 0.15) is 5.82 Å². The van der Waals surface area contributed by atoms with Gasteiger partial charge in [0.05, 0.1) is 17.9 Å². The topological polar surface area (TPSA) is 86.7 Å². The molecule has 1 saturated heterocycles. The number of carboxylic acid groups (broad SMARTS) is 1. The Balaban J connectivity index is 2.06. The van der Waals surface area contributed by atoms with E-state index < -0.39 is 11.9 Å². The second-order valence-corrected chi connectivity index (χ2v) is 5.47. The molecule has 0 radical (unpaired) electrons. The smallest absolute Gasteiger partial charge is 0.304 e. The van der Waals surface area contributed by atoms with Crippen LogP contribution in [0.25, 0.3) is 0 Å². The molecule has 0 spiro atoms. The maximum atomic E-state index is 12.9. The average Bonchev–Trinajstić information content (AvgIpc) is 3.02. The molecule has 0 bridgehead atoms. The number of ketones is 1. The van der Waals surface area contributed by atoms with E-state index in [-0.39, 0.29) is 23.7 Å². The zero-order valence-electron chi connectivity index (χ0n) is 12.1. The zero-order chi connectivity index (χ0) is 15.9. The molecule has 6 heteroatoms. The number of benzene rings is 1. The Hall–Kier alpha value is -2.63. The summed E-state index contributed by atoms with van der Waals surface area (Å²) < 4.78 is 0. The number of Topliss-reactive ketones (excluding diaryl/α,β-unsaturated/α-hetero) is 1. The molecule has 1 atom stereocenters. The van der Waals surface area contributed by atoms with Crippen molar-refractivity contribution in [3.63, 3.8) is 0 Å². The summed E-state index contributed by atoms with van der Waals surface area (Å²) in [5, 5.41) is 12.1. The van der Waals surface area contributed by atoms with Crippen molar-refractivity contribution in [2.75, 3.05) is 13.1 Å². The van der Waals surface area contributed by atoms with Gasteiger partial charge in [-0.05, 0) is 12.5 Å². The molecular weight excluding hydrogens is 284 g/mol. The van der Waals surface area contributed by atoms with Crippen LogP contribution in [0.1, 0.15) is 22.3 Å². The minimum absolute atomic E-state index is 0.274. The Bertz CT molecular complexity index is 708. The number of fused-ring (bicyclic) bond motifs is 1. The number of amides is 1. The van der Waals surface area contributed by atoms with E-state index in [0.29, 0.717) is 24.5 Å². The van der Waals surface area contributed by atoms with Crippen LogP contribution in [0, 0.1) is 12.8 Å². The molecule has 0 aromatic heterocycles.